The zero-order valence-corrected chi connectivity index (χ0v) is 12.2. The number of carbonyl (C=O) groups excluding carboxylic acids is 1. The molecule has 0 aliphatic rings. The van der Waals surface area contributed by atoms with Crippen molar-refractivity contribution in [1.29, 1.82) is 0 Å². The molecule has 2 rings (SSSR count). The molecule has 2 N–H and O–H groups in total. The van der Waals surface area contributed by atoms with E-state index in [4.69, 9.17) is 9.84 Å². The highest BCUT2D eigenvalue weighted by Gasteiger charge is 2.07. The molecule has 0 fully saturated rings. The van der Waals surface area contributed by atoms with Crippen LogP contribution in [-0.2, 0) is 6.61 Å². The molecule has 0 aromatic heterocycles. The van der Waals surface area contributed by atoms with Crippen molar-refractivity contribution in [3.05, 3.63) is 59.7 Å². The molecule has 2 aromatic rings. The standard InChI is InChI=1S/C17H19NO3/c1-12(2)21-16-8-6-14(7-9-16)17(20)18-15-5-3-4-13(10-15)11-19/h3-10,12,19H,11H2,1-2H3,(H,18,20). The van der Waals surface area contributed by atoms with Gasteiger partial charge in [0.2, 0.25) is 0 Å². The first-order valence-electron chi connectivity index (χ1n) is 6.86. The van der Waals surface area contributed by atoms with Gasteiger partial charge in [0.15, 0.2) is 0 Å². The monoisotopic (exact) mass is 285 g/mol. The molecular formula is C17H19NO3. The highest BCUT2D eigenvalue weighted by atomic mass is 16.5. The number of hydrogen-bond donors (Lipinski definition) is 2. The maximum absolute atomic E-state index is 12.1. The summed E-state index contributed by atoms with van der Waals surface area (Å²) in [6.45, 7) is 3.86. The highest BCUT2D eigenvalue weighted by Crippen LogP contribution is 2.16. The SMILES string of the molecule is CC(C)Oc1ccc(C(=O)Nc2cccc(CO)c2)cc1. The van der Waals surface area contributed by atoms with Gasteiger partial charge in [0.25, 0.3) is 5.91 Å². The third kappa shape index (κ3) is 4.33. The van der Waals surface area contributed by atoms with Crippen molar-refractivity contribution in [2.24, 2.45) is 0 Å². The third-order valence-electron chi connectivity index (χ3n) is 2.86. The summed E-state index contributed by atoms with van der Waals surface area (Å²) in [6.07, 6.45) is 0.103. The summed E-state index contributed by atoms with van der Waals surface area (Å²) in [5.41, 5.74) is 1.98. The molecule has 1 amide bonds. The topological polar surface area (TPSA) is 58.6 Å². The Hall–Kier alpha value is -2.33. The smallest absolute Gasteiger partial charge is 0.255 e. The van der Waals surface area contributed by atoms with Crippen molar-refractivity contribution < 1.29 is 14.6 Å². The predicted molar refractivity (Wildman–Crippen MR) is 82.5 cm³/mol. The molecular weight excluding hydrogens is 266 g/mol. The number of rotatable bonds is 5. The van der Waals surface area contributed by atoms with Gasteiger partial charge < -0.3 is 15.2 Å². The number of nitrogens with one attached hydrogen (secondary N) is 1. The number of aliphatic hydroxyl groups excluding tert-OH is 1. The van der Waals surface area contributed by atoms with E-state index in [2.05, 4.69) is 5.32 Å². The van der Waals surface area contributed by atoms with Gasteiger partial charge in [-0.25, -0.2) is 0 Å². The number of benzene rings is 2. The van der Waals surface area contributed by atoms with E-state index in [0.717, 1.165) is 11.3 Å². The van der Waals surface area contributed by atoms with Gasteiger partial charge in [-0.2, -0.15) is 0 Å². The molecule has 21 heavy (non-hydrogen) atoms. The van der Waals surface area contributed by atoms with Crippen LogP contribution < -0.4 is 10.1 Å². The van der Waals surface area contributed by atoms with Crippen LogP contribution in [0.3, 0.4) is 0 Å². The van der Waals surface area contributed by atoms with Crippen molar-refractivity contribution in [3.8, 4) is 5.75 Å². The molecule has 0 spiro atoms. The molecule has 0 saturated heterocycles. The predicted octanol–water partition coefficient (Wildman–Crippen LogP) is 3.22. The molecule has 0 unspecified atom stereocenters. The summed E-state index contributed by atoms with van der Waals surface area (Å²) >= 11 is 0. The van der Waals surface area contributed by atoms with E-state index >= 15 is 0 Å². The summed E-state index contributed by atoms with van der Waals surface area (Å²) in [5, 5.41) is 11.9. The summed E-state index contributed by atoms with van der Waals surface area (Å²) < 4.78 is 5.54. The molecule has 0 bridgehead atoms. The first-order valence-corrected chi connectivity index (χ1v) is 6.86. The third-order valence-corrected chi connectivity index (χ3v) is 2.86. The van der Waals surface area contributed by atoms with E-state index in [0.29, 0.717) is 11.3 Å². The number of amides is 1. The fourth-order valence-electron chi connectivity index (χ4n) is 1.91. The van der Waals surface area contributed by atoms with E-state index in [1.807, 2.05) is 13.8 Å². The summed E-state index contributed by atoms with van der Waals surface area (Å²) in [5.74, 6) is 0.546. The molecule has 0 heterocycles. The summed E-state index contributed by atoms with van der Waals surface area (Å²) in [4.78, 5) is 12.1. The molecule has 4 nitrogen and oxygen atoms in total. The molecule has 0 atom stereocenters. The van der Waals surface area contributed by atoms with Crippen molar-refractivity contribution in [2.75, 3.05) is 5.32 Å². The Morgan fingerprint density at radius 2 is 1.90 bits per heavy atom. The lowest BCUT2D eigenvalue weighted by atomic mass is 10.1. The molecule has 0 aliphatic carbocycles. The lowest BCUT2D eigenvalue weighted by Gasteiger charge is -2.10. The minimum absolute atomic E-state index is 0.0506. The number of hydrogen-bond acceptors (Lipinski definition) is 3. The van der Waals surface area contributed by atoms with Crippen molar-refractivity contribution >= 4 is 11.6 Å². The minimum Gasteiger partial charge on any atom is -0.491 e. The van der Waals surface area contributed by atoms with Gasteiger partial charge in [0, 0.05) is 11.3 Å². The lowest BCUT2D eigenvalue weighted by molar-refractivity contribution is 0.102. The number of aliphatic hydroxyl groups is 1. The molecule has 0 aliphatic heterocycles. The first kappa shape index (κ1) is 15.1. The Balaban J connectivity index is 2.05. The van der Waals surface area contributed by atoms with Crippen LogP contribution in [0.4, 0.5) is 5.69 Å². The zero-order chi connectivity index (χ0) is 15.2. The van der Waals surface area contributed by atoms with Crippen LogP contribution in [0, 0.1) is 0 Å². The zero-order valence-electron chi connectivity index (χ0n) is 12.2. The second-order valence-electron chi connectivity index (χ2n) is 5.00. The molecule has 4 heteroatoms. The van der Waals surface area contributed by atoms with Gasteiger partial charge in [-0.15, -0.1) is 0 Å². The fourth-order valence-corrected chi connectivity index (χ4v) is 1.91. The average molecular weight is 285 g/mol. The summed E-state index contributed by atoms with van der Waals surface area (Å²) in [6, 6.07) is 14.1. The Morgan fingerprint density at radius 1 is 1.19 bits per heavy atom. The highest BCUT2D eigenvalue weighted by molar-refractivity contribution is 6.04. The average Bonchev–Trinajstić information content (AvgIpc) is 2.47. The van der Waals surface area contributed by atoms with Gasteiger partial charge in [0.05, 0.1) is 12.7 Å². The van der Waals surface area contributed by atoms with Gasteiger partial charge in [0.1, 0.15) is 5.75 Å². The molecule has 110 valence electrons. The van der Waals surface area contributed by atoms with E-state index in [1.165, 1.54) is 0 Å². The number of ether oxygens (including phenoxy) is 1. The van der Waals surface area contributed by atoms with Crippen LogP contribution in [0.5, 0.6) is 5.75 Å². The lowest BCUT2D eigenvalue weighted by Crippen LogP contribution is -2.12. The van der Waals surface area contributed by atoms with E-state index in [-0.39, 0.29) is 18.6 Å². The number of anilines is 1. The second kappa shape index (κ2) is 6.90. The maximum atomic E-state index is 12.1. The van der Waals surface area contributed by atoms with Gasteiger partial charge in [-0.1, -0.05) is 12.1 Å². The normalized spacial score (nSPS) is 10.5. The minimum atomic E-state index is -0.193. The Bertz CT molecular complexity index is 606. The Morgan fingerprint density at radius 3 is 2.52 bits per heavy atom. The van der Waals surface area contributed by atoms with Gasteiger partial charge in [-0.05, 0) is 55.8 Å². The number of carbonyl (C=O) groups is 1. The Labute approximate surface area is 124 Å². The molecule has 0 radical (unpaired) electrons. The van der Waals surface area contributed by atoms with Gasteiger partial charge in [-0.3, -0.25) is 4.79 Å². The van der Waals surface area contributed by atoms with Crippen LogP contribution in [0.15, 0.2) is 48.5 Å². The fraction of sp³-hybridized carbons (Fsp3) is 0.235. The van der Waals surface area contributed by atoms with Gasteiger partial charge >= 0.3 is 0 Å². The van der Waals surface area contributed by atoms with E-state index in [9.17, 15) is 4.79 Å². The van der Waals surface area contributed by atoms with Crippen LogP contribution in [-0.4, -0.2) is 17.1 Å². The van der Waals surface area contributed by atoms with Crippen molar-refractivity contribution in [2.45, 2.75) is 26.6 Å². The first-order chi connectivity index (χ1) is 10.1. The van der Waals surface area contributed by atoms with Crippen LogP contribution in [0.2, 0.25) is 0 Å². The Kier molecular flexibility index (Phi) is 4.95. The van der Waals surface area contributed by atoms with E-state index in [1.54, 1.807) is 48.5 Å². The second-order valence-corrected chi connectivity index (χ2v) is 5.00. The van der Waals surface area contributed by atoms with Crippen LogP contribution in [0.25, 0.3) is 0 Å². The maximum Gasteiger partial charge on any atom is 0.255 e. The largest absolute Gasteiger partial charge is 0.491 e. The van der Waals surface area contributed by atoms with E-state index < -0.39 is 0 Å². The summed E-state index contributed by atoms with van der Waals surface area (Å²) in [7, 11) is 0. The van der Waals surface area contributed by atoms with Crippen LogP contribution in [0.1, 0.15) is 29.8 Å². The molecule has 2 aromatic carbocycles. The molecule has 0 saturated carbocycles. The van der Waals surface area contributed by atoms with Crippen molar-refractivity contribution in [1.82, 2.24) is 0 Å². The van der Waals surface area contributed by atoms with Crippen molar-refractivity contribution in [3.63, 3.8) is 0 Å². The quantitative estimate of drug-likeness (QED) is 0.886. The van der Waals surface area contributed by atoms with Crippen LogP contribution >= 0.6 is 0 Å².